The van der Waals surface area contributed by atoms with Crippen LogP contribution in [0.1, 0.15) is 6.92 Å². The predicted octanol–water partition coefficient (Wildman–Crippen LogP) is 4.28. The molecule has 0 bridgehead atoms. The Balaban J connectivity index is 1.66. The number of hydrogen-bond acceptors (Lipinski definition) is 6. The average molecular weight is 452 g/mol. The minimum atomic E-state index is -1.15. The first-order valence-corrected chi connectivity index (χ1v) is 10.3. The van der Waals surface area contributed by atoms with Gasteiger partial charge in [-0.2, -0.15) is 5.10 Å². The monoisotopic (exact) mass is 451 g/mol. The molecule has 0 saturated heterocycles. The first kappa shape index (κ1) is 21.6. The topological polar surface area (TPSA) is 112 Å². The summed E-state index contributed by atoms with van der Waals surface area (Å²) in [6.07, 6.45) is 0.432. The lowest BCUT2D eigenvalue weighted by molar-refractivity contribution is -0.140. The van der Waals surface area contributed by atoms with E-state index in [1.54, 1.807) is 17.8 Å². The number of fused-ring (bicyclic) bond motifs is 1. The number of rotatable bonds is 7. The maximum atomic E-state index is 11.4. The van der Waals surface area contributed by atoms with Crippen molar-refractivity contribution in [3.8, 4) is 11.1 Å². The molecule has 2 unspecified atom stereocenters. The highest BCUT2D eigenvalue weighted by molar-refractivity contribution is 6.36. The molecule has 4 N–H and O–H groups in total. The van der Waals surface area contributed by atoms with Gasteiger partial charge in [-0.25, -0.2) is 9.78 Å². The Morgan fingerprint density at radius 1 is 1.16 bits per heavy atom. The molecule has 0 aliphatic rings. The van der Waals surface area contributed by atoms with Gasteiger partial charge < -0.3 is 20.8 Å². The second-order valence-electron chi connectivity index (χ2n) is 7.42. The number of aryl methyl sites for hydroxylation is 1. The van der Waals surface area contributed by atoms with Crippen LogP contribution in [-0.4, -0.2) is 43.1 Å². The second kappa shape index (κ2) is 8.86. The molecule has 0 spiro atoms. The lowest BCUT2D eigenvalue weighted by Crippen LogP contribution is -2.38. The van der Waals surface area contributed by atoms with Crippen LogP contribution < -0.4 is 10.6 Å². The molecule has 2 aromatic heterocycles. The zero-order valence-corrected chi connectivity index (χ0v) is 18.2. The fourth-order valence-electron chi connectivity index (χ4n) is 3.46. The van der Waals surface area contributed by atoms with Crippen LogP contribution in [0.15, 0.2) is 60.8 Å². The number of benzene rings is 2. The van der Waals surface area contributed by atoms with Crippen molar-refractivity contribution in [1.29, 1.82) is 0 Å². The van der Waals surface area contributed by atoms with Gasteiger partial charge in [-0.3, -0.25) is 4.68 Å². The summed E-state index contributed by atoms with van der Waals surface area (Å²) in [5, 5.41) is 30.1. The van der Waals surface area contributed by atoms with E-state index < -0.39 is 18.1 Å². The van der Waals surface area contributed by atoms with E-state index in [0.717, 1.165) is 11.1 Å². The molecule has 0 fully saturated rings. The van der Waals surface area contributed by atoms with Crippen molar-refractivity contribution in [2.45, 2.75) is 19.1 Å². The van der Waals surface area contributed by atoms with Crippen LogP contribution in [-0.2, 0) is 11.8 Å². The number of nitrogens with zero attached hydrogens (tertiary/aromatic N) is 3. The number of aliphatic carboxylic acids is 1. The van der Waals surface area contributed by atoms with Crippen LogP contribution >= 0.6 is 11.6 Å². The number of aliphatic hydroxyl groups excluding tert-OH is 1. The molecule has 0 aliphatic carbocycles. The number of aliphatic hydroxyl groups is 1. The van der Waals surface area contributed by atoms with Crippen molar-refractivity contribution in [1.82, 2.24) is 14.8 Å². The lowest BCUT2D eigenvalue weighted by Gasteiger charge is -2.18. The van der Waals surface area contributed by atoms with E-state index in [4.69, 9.17) is 11.6 Å². The zero-order chi connectivity index (χ0) is 22.8. The molecular formula is C23H22ClN5O3. The Hall–Kier alpha value is -3.62. The van der Waals surface area contributed by atoms with Crippen LogP contribution in [0.5, 0.6) is 0 Å². The quantitative estimate of drug-likeness (QED) is 0.331. The number of pyridine rings is 1. The first-order chi connectivity index (χ1) is 15.3. The average Bonchev–Trinajstić information content (AvgIpc) is 3.08. The Labute approximate surface area is 189 Å². The highest BCUT2D eigenvalue weighted by atomic mass is 35.5. The van der Waals surface area contributed by atoms with E-state index in [1.807, 2.05) is 48.5 Å². The second-order valence-corrected chi connectivity index (χ2v) is 7.80. The third kappa shape index (κ3) is 4.23. The molecule has 2 aromatic carbocycles. The summed E-state index contributed by atoms with van der Waals surface area (Å²) < 4.78 is 1.64. The fraction of sp³-hybridized carbons (Fsp3) is 0.174. The molecule has 2 heterocycles. The third-order valence-electron chi connectivity index (χ3n) is 5.10. The molecular weight excluding hydrogens is 430 g/mol. The van der Waals surface area contributed by atoms with Gasteiger partial charge in [-0.15, -0.1) is 0 Å². The summed E-state index contributed by atoms with van der Waals surface area (Å²) in [6, 6.07) is 16.2. The highest BCUT2D eigenvalue weighted by Gasteiger charge is 2.23. The summed E-state index contributed by atoms with van der Waals surface area (Å²) in [6.45, 7) is 1.41. The molecule has 164 valence electrons. The summed E-state index contributed by atoms with van der Waals surface area (Å²) >= 11 is 6.69. The summed E-state index contributed by atoms with van der Waals surface area (Å²) in [5.74, 6) is -0.633. The SMILES string of the molecule is CC(O)C(Nc1cnc2c(Nc3cccc(-c4ccccc4)c3Cl)nn(C)c2c1)C(=O)O. The van der Waals surface area contributed by atoms with Gasteiger partial charge in [0.1, 0.15) is 5.52 Å². The zero-order valence-electron chi connectivity index (χ0n) is 17.5. The number of aromatic nitrogens is 3. The lowest BCUT2D eigenvalue weighted by atomic mass is 10.1. The summed E-state index contributed by atoms with van der Waals surface area (Å²) in [5.41, 5.74) is 4.34. The van der Waals surface area contributed by atoms with Gasteiger partial charge in [0, 0.05) is 12.6 Å². The van der Waals surface area contributed by atoms with E-state index in [0.29, 0.717) is 33.2 Å². The molecule has 2 atom stereocenters. The van der Waals surface area contributed by atoms with Gasteiger partial charge in [0.05, 0.1) is 34.2 Å². The van der Waals surface area contributed by atoms with Gasteiger partial charge in [0.25, 0.3) is 0 Å². The molecule has 4 aromatic rings. The number of carboxylic acids is 1. The van der Waals surface area contributed by atoms with Crippen LogP contribution in [0.25, 0.3) is 22.2 Å². The van der Waals surface area contributed by atoms with Crippen LogP contribution in [0.4, 0.5) is 17.2 Å². The van der Waals surface area contributed by atoms with E-state index in [-0.39, 0.29) is 0 Å². The van der Waals surface area contributed by atoms with Crippen LogP contribution in [0.3, 0.4) is 0 Å². The fourth-order valence-corrected chi connectivity index (χ4v) is 3.74. The maximum absolute atomic E-state index is 11.4. The molecule has 0 amide bonds. The normalized spacial score (nSPS) is 13.0. The number of anilines is 3. The molecule has 4 rings (SSSR count). The van der Waals surface area contributed by atoms with Gasteiger partial charge in [0.2, 0.25) is 0 Å². The molecule has 0 aliphatic heterocycles. The predicted molar refractivity (Wildman–Crippen MR) is 125 cm³/mol. The Kier molecular flexibility index (Phi) is 5.98. The van der Waals surface area contributed by atoms with Crippen molar-refractivity contribution in [2.75, 3.05) is 10.6 Å². The molecule has 8 nitrogen and oxygen atoms in total. The number of hydrogen-bond donors (Lipinski definition) is 4. The van der Waals surface area contributed by atoms with Crippen molar-refractivity contribution in [3.05, 3.63) is 65.8 Å². The van der Waals surface area contributed by atoms with E-state index in [1.165, 1.54) is 13.1 Å². The van der Waals surface area contributed by atoms with Gasteiger partial charge >= 0.3 is 5.97 Å². The van der Waals surface area contributed by atoms with Gasteiger partial charge in [-0.05, 0) is 24.6 Å². The molecule has 0 saturated carbocycles. The van der Waals surface area contributed by atoms with Crippen molar-refractivity contribution < 1.29 is 15.0 Å². The van der Waals surface area contributed by atoms with Crippen molar-refractivity contribution in [2.24, 2.45) is 7.05 Å². The largest absolute Gasteiger partial charge is 0.480 e. The summed E-state index contributed by atoms with van der Waals surface area (Å²) in [4.78, 5) is 15.8. The molecule has 32 heavy (non-hydrogen) atoms. The third-order valence-corrected chi connectivity index (χ3v) is 5.50. The Bertz CT molecular complexity index is 1270. The smallest absolute Gasteiger partial charge is 0.328 e. The highest BCUT2D eigenvalue weighted by Crippen LogP contribution is 2.36. The van der Waals surface area contributed by atoms with E-state index in [9.17, 15) is 15.0 Å². The van der Waals surface area contributed by atoms with E-state index >= 15 is 0 Å². The van der Waals surface area contributed by atoms with Crippen LogP contribution in [0, 0.1) is 0 Å². The number of halogens is 1. The van der Waals surface area contributed by atoms with Crippen molar-refractivity contribution >= 4 is 45.8 Å². The van der Waals surface area contributed by atoms with Gasteiger partial charge in [-0.1, -0.05) is 54.1 Å². The first-order valence-electron chi connectivity index (χ1n) is 9.96. The Morgan fingerprint density at radius 3 is 2.59 bits per heavy atom. The van der Waals surface area contributed by atoms with Crippen molar-refractivity contribution in [3.63, 3.8) is 0 Å². The minimum Gasteiger partial charge on any atom is -0.480 e. The minimum absolute atomic E-state index is 0.462. The maximum Gasteiger partial charge on any atom is 0.328 e. The molecule has 0 radical (unpaired) electrons. The molecule has 9 heteroatoms. The number of carboxylic acid groups (broad SMARTS) is 1. The van der Waals surface area contributed by atoms with E-state index in [2.05, 4.69) is 20.7 Å². The number of carbonyl (C=O) groups is 1. The van der Waals surface area contributed by atoms with Crippen LogP contribution in [0.2, 0.25) is 5.02 Å². The Morgan fingerprint density at radius 2 is 1.91 bits per heavy atom. The van der Waals surface area contributed by atoms with Gasteiger partial charge in [0.15, 0.2) is 11.9 Å². The number of nitrogens with one attached hydrogen (secondary N) is 2. The summed E-state index contributed by atoms with van der Waals surface area (Å²) in [7, 11) is 1.77. The standard InChI is InChI=1S/C23H22ClN5O3/c1-13(30)20(23(31)32)26-15-11-18-21(25-12-15)22(28-29(18)2)27-17-10-6-9-16(19(17)24)14-7-4-3-5-8-14/h3-13,20,26,30H,1-2H3,(H,27,28)(H,31,32).